The number of amides is 1. The molecule has 5 rings (SSSR count). The normalized spacial score (nSPS) is 23.5. The predicted octanol–water partition coefficient (Wildman–Crippen LogP) is 6.38. The van der Waals surface area contributed by atoms with Crippen molar-refractivity contribution >= 4 is 46.0 Å². The Labute approximate surface area is 186 Å². The van der Waals surface area contributed by atoms with Crippen molar-refractivity contribution in [3.63, 3.8) is 0 Å². The van der Waals surface area contributed by atoms with Gasteiger partial charge in [-0.25, -0.2) is 4.99 Å². The van der Waals surface area contributed by atoms with Gasteiger partial charge in [0, 0.05) is 17.5 Å². The maximum absolute atomic E-state index is 13.7. The van der Waals surface area contributed by atoms with E-state index in [2.05, 4.69) is 36.1 Å². The summed E-state index contributed by atoms with van der Waals surface area (Å²) in [6.07, 6.45) is 5.76. The second kappa shape index (κ2) is 8.52. The Bertz CT molecular complexity index is 1010. The van der Waals surface area contributed by atoms with Crippen molar-refractivity contribution in [2.24, 2.45) is 4.99 Å². The molecule has 0 atom stereocenters. The zero-order valence-corrected chi connectivity index (χ0v) is 18.7. The number of fused-ring (bicyclic) bond motifs is 1. The largest absolute Gasteiger partial charge is 0.334 e. The van der Waals surface area contributed by atoms with Gasteiger partial charge in [0.25, 0.3) is 5.91 Å². The van der Waals surface area contributed by atoms with Crippen LogP contribution in [0.2, 0.25) is 0 Å². The second-order valence-electron chi connectivity index (χ2n) is 7.75. The van der Waals surface area contributed by atoms with E-state index in [0.717, 1.165) is 40.2 Å². The number of anilines is 1. The molecule has 0 unspecified atom stereocenters. The zero-order chi connectivity index (χ0) is 20.5. The van der Waals surface area contributed by atoms with Gasteiger partial charge < -0.3 is 4.90 Å². The minimum absolute atomic E-state index is 0.121. The molecule has 30 heavy (non-hydrogen) atoms. The first-order chi connectivity index (χ1) is 14.8. The van der Waals surface area contributed by atoms with E-state index in [4.69, 9.17) is 4.99 Å². The van der Waals surface area contributed by atoms with E-state index in [-0.39, 0.29) is 11.9 Å². The van der Waals surface area contributed by atoms with E-state index in [9.17, 15) is 4.79 Å². The molecule has 1 saturated carbocycles. The van der Waals surface area contributed by atoms with E-state index in [1.54, 1.807) is 23.5 Å². The fourth-order valence-electron chi connectivity index (χ4n) is 4.38. The maximum Gasteiger partial charge on any atom is 0.269 e. The first kappa shape index (κ1) is 19.8. The smallest absolute Gasteiger partial charge is 0.269 e. The lowest BCUT2D eigenvalue weighted by Crippen LogP contribution is -2.40. The van der Waals surface area contributed by atoms with Crippen LogP contribution in [0.1, 0.15) is 39.0 Å². The van der Waals surface area contributed by atoms with Crippen LogP contribution in [0.4, 0.5) is 11.4 Å². The molecule has 2 fully saturated rings. The number of hydrogen-bond acceptors (Lipinski definition) is 5. The van der Waals surface area contributed by atoms with Crippen molar-refractivity contribution in [3.05, 3.63) is 64.5 Å². The average molecular weight is 436 g/mol. The lowest BCUT2D eigenvalue weighted by Gasteiger charge is -2.30. The third-order valence-electron chi connectivity index (χ3n) is 5.85. The number of aliphatic imine (C=N–C) groups is 1. The van der Waals surface area contributed by atoms with Crippen molar-refractivity contribution in [3.8, 4) is 0 Å². The molecule has 4 nitrogen and oxygen atoms in total. The van der Waals surface area contributed by atoms with Crippen LogP contribution in [0.3, 0.4) is 0 Å². The topological polar surface area (TPSA) is 35.9 Å². The molecule has 1 amide bonds. The first-order valence-electron chi connectivity index (χ1n) is 10.7. The van der Waals surface area contributed by atoms with Gasteiger partial charge in [-0.3, -0.25) is 9.69 Å². The molecule has 2 aromatic carbocycles. The summed E-state index contributed by atoms with van der Waals surface area (Å²) in [5.74, 6) is 0.121. The zero-order valence-electron chi connectivity index (χ0n) is 17.1. The third-order valence-corrected chi connectivity index (χ3v) is 8.21. The summed E-state index contributed by atoms with van der Waals surface area (Å²) in [5.41, 5.74) is 2.09. The number of rotatable bonds is 3. The Morgan fingerprint density at radius 3 is 2.47 bits per heavy atom. The van der Waals surface area contributed by atoms with E-state index in [1.807, 2.05) is 35.2 Å². The number of amidine groups is 1. The highest BCUT2D eigenvalue weighted by atomic mass is 32.2. The number of carbonyl (C=O) groups is 1. The van der Waals surface area contributed by atoms with Gasteiger partial charge in [-0.15, -0.1) is 0 Å². The van der Waals surface area contributed by atoms with E-state index < -0.39 is 0 Å². The number of thioether (sulfide) groups is 2. The standard InChI is InChI=1S/C24H25N3OS2/c1-2-26-19-15-9-10-16-20(19)29-23(26)21-22(28)27(18-13-7-4-8-14-18)24(30-21)25-17-11-5-3-6-12-17/h3,5-6,9-12,15-16,18H,2,4,7-8,13-14H2,1H3. The quantitative estimate of drug-likeness (QED) is 0.524. The summed E-state index contributed by atoms with van der Waals surface area (Å²) >= 11 is 3.25. The lowest BCUT2D eigenvalue weighted by molar-refractivity contribution is -0.124. The summed E-state index contributed by atoms with van der Waals surface area (Å²) in [4.78, 5) is 24.9. The molecule has 0 radical (unpaired) electrons. The molecule has 0 bridgehead atoms. The first-order valence-corrected chi connectivity index (χ1v) is 12.3. The third kappa shape index (κ3) is 3.56. The Morgan fingerprint density at radius 1 is 0.967 bits per heavy atom. The molecule has 1 aliphatic carbocycles. The molecule has 0 N–H and O–H groups in total. The van der Waals surface area contributed by atoms with Gasteiger partial charge in [-0.05, 0) is 55.8 Å². The van der Waals surface area contributed by atoms with Gasteiger partial charge in [-0.2, -0.15) is 0 Å². The molecular weight excluding hydrogens is 410 g/mol. The van der Waals surface area contributed by atoms with Crippen LogP contribution in [-0.4, -0.2) is 28.6 Å². The van der Waals surface area contributed by atoms with Crippen LogP contribution < -0.4 is 4.90 Å². The summed E-state index contributed by atoms with van der Waals surface area (Å²) in [7, 11) is 0. The molecule has 2 aromatic rings. The summed E-state index contributed by atoms with van der Waals surface area (Å²) in [6, 6.07) is 18.6. The molecule has 2 heterocycles. The highest BCUT2D eigenvalue weighted by Gasteiger charge is 2.42. The molecule has 154 valence electrons. The van der Waals surface area contributed by atoms with Crippen molar-refractivity contribution in [1.82, 2.24) is 4.90 Å². The Hall–Kier alpha value is -2.18. The maximum atomic E-state index is 13.7. The molecule has 6 heteroatoms. The Kier molecular flexibility index (Phi) is 5.61. The van der Waals surface area contributed by atoms with Crippen molar-refractivity contribution in [2.75, 3.05) is 11.4 Å². The SMILES string of the molecule is CCN1C(=C2SC(=Nc3ccccc3)N(C3CCCCC3)C2=O)Sc2ccccc21. The fourth-order valence-corrected chi connectivity index (χ4v) is 6.84. The van der Waals surface area contributed by atoms with Gasteiger partial charge in [-0.1, -0.05) is 61.4 Å². The Balaban J connectivity index is 1.57. The minimum Gasteiger partial charge on any atom is -0.334 e. The summed E-state index contributed by atoms with van der Waals surface area (Å²) in [5, 5.41) is 1.88. The second-order valence-corrected chi connectivity index (χ2v) is 9.76. The monoisotopic (exact) mass is 435 g/mol. The van der Waals surface area contributed by atoms with Crippen molar-refractivity contribution in [2.45, 2.75) is 50.0 Å². The minimum atomic E-state index is 0.121. The number of nitrogens with zero attached hydrogens (tertiary/aromatic N) is 3. The summed E-state index contributed by atoms with van der Waals surface area (Å²) < 4.78 is 0. The number of carbonyl (C=O) groups excluding carboxylic acids is 1. The molecule has 1 saturated heterocycles. The van der Waals surface area contributed by atoms with Gasteiger partial charge in [0.05, 0.1) is 11.4 Å². The highest BCUT2D eigenvalue weighted by Crippen LogP contribution is 2.51. The fraction of sp³-hybridized carbons (Fsp3) is 0.333. The van der Waals surface area contributed by atoms with Gasteiger partial charge >= 0.3 is 0 Å². The van der Waals surface area contributed by atoms with Crippen LogP contribution in [-0.2, 0) is 4.79 Å². The van der Waals surface area contributed by atoms with Crippen LogP contribution in [0.5, 0.6) is 0 Å². The summed E-state index contributed by atoms with van der Waals surface area (Å²) in [6.45, 7) is 2.98. The van der Waals surface area contributed by atoms with Crippen LogP contribution in [0.25, 0.3) is 0 Å². The van der Waals surface area contributed by atoms with E-state index in [1.165, 1.54) is 29.8 Å². The van der Waals surface area contributed by atoms with Gasteiger partial charge in [0.2, 0.25) is 0 Å². The molecule has 2 aliphatic heterocycles. The van der Waals surface area contributed by atoms with Crippen LogP contribution in [0.15, 0.2) is 74.4 Å². The van der Waals surface area contributed by atoms with Crippen LogP contribution >= 0.6 is 23.5 Å². The molecular formula is C24H25N3OS2. The molecule has 3 aliphatic rings. The molecule has 0 spiro atoms. The lowest BCUT2D eigenvalue weighted by atomic mass is 9.94. The highest BCUT2D eigenvalue weighted by molar-refractivity contribution is 8.19. The number of benzene rings is 2. The number of para-hydroxylation sites is 2. The molecule has 0 aromatic heterocycles. The van der Waals surface area contributed by atoms with Gasteiger partial charge in [0.15, 0.2) is 5.17 Å². The average Bonchev–Trinajstić information content (AvgIpc) is 3.32. The number of hydrogen-bond donors (Lipinski definition) is 0. The van der Waals surface area contributed by atoms with E-state index in [0.29, 0.717) is 0 Å². The van der Waals surface area contributed by atoms with Crippen molar-refractivity contribution < 1.29 is 4.79 Å². The van der Waals surface area contributed by atoms with Crippen molar-refractivity contribution in [1.29, 1.82) is 0 Å². The van der Waals surface area contributed by atoms with Crippen LogP contribution in [0, 0.1) is 0 Å². The predicted molar refractivity (Wildman–Crippen MR) is 127 cm³/mol. The van der Waals surface area contributed by atoms with E-state index >= 15 is 0 Å². The van der Waals surface area contributed by atoms with Gasteiger partial charge in [0.1, 0.15) is 9.93 Å². The Morgan fingerprint density at radius 2 is 1.70 bits per heavy atom.